The Labute approximate surface area is 112 Å². The fourth-order valence-electron chi connectivity index (χ4n) is 1.71. The van der Waals surface area contributed by atoms with Crippen LogP contribution in [-0.2, 0) is 16.3 Å². The molecule has 0 aliphatic carbocycles. The van der Waals surface area contributed by atoms with E-state index in [1.54, 1.807) is 25.1 Å². The number of sulfone groups is 1. The second kappa shape index (κ2) is 5.83. The van der Waals surface area contributed by atoms with Crippen molar-refractivity contribution in [2.45, 2.75) is 18.2 Å². The van der Waals surface area contributed by atoms with E-state index in [9.17, 15) is 8.42 Å². The first-order valence-corrected chi connectivity index (χ1v) is 7.68. The van der Waals surface area contributed by atoms with Crippen molar-refractivity contribution in [1.82, 2.24) is 15.2 Å². The van der Waals surface area contributed by atoms with E-state index in [2.05, 4.69) is 20.5 Å². The highest BCUT2D eigenvalue weighted by atomic mass is 32.2. The number of H-pyrrole nitrogens is 1. The maximum Gasteiger partial charge on any atom is 0.180 e. The molecule has 2 aromatic rings. The summed E-state index contributed by atoms with van der Waals surface area (Å²) in [5.41, 5.74) is 0.629. The Hall–Kier alpha value is -1.89. The van der Waals surface area contributed by atoms with Crippen LogP contribution in [0.4, 0.5) is 5.69 Å². The van der Waals surface area contributed by atoms with Crippen molar-refractivity contribution < 1.29 is 8.42 Å². The summed E-state index contributed by atoms with van der Waals surface area (Å²) in [6.45, 7) is 2.23. The van der Waals surface area contributed by atoms with Crippen molar-refractivity contribution in [3.05, 3.63) is 36.4 Å². The van der Waals surface area contributed by atoms with Crippen LogP contribution in [0.5, 0.6) is 0 Å². The third kappa shape index (κ3) is 3.31. The van der Waals surface area contributed by atoms with Crippen LogP contribution in [0.15, 0.2) is 35.5 Å². The van der Waals surface area contributed by atoms with E-state index in [4.69, 9.17) is 0 Å². The van der Waals surface area contributed by atoms with Crippen molar-refractivity contribution in [2.24, 2.45) is 0 Å². The minimum Gasteiger partial charge on any atom is -0.384 e. The summed E-state index contributed by atoms with van der Waals surface area (Å²) < 4.78 is 23.9. The number of aromatic amines is 1. The molecule has 0 aliphatic heterocycles. The third-order valence-electron chi connectivity index (χ3n) is 2.74. The molecule has 0 saturated heterocycles. The SMILES string of the molecule is CCS(=O)(=O)c1ccccc1NCCc1ncn[nH]1. The van der Waals surface area contributed by atoms with Gasteiger partial charge in [0.15, 0.2) is 9.84 Å². The van der Waals surface area contributed by atoms with Gasteiger partial charge in [-0.2, -0.15) is 5.10 Å². The maximum absolute atomic E-state index is 11.9. The fraction of sp³-hybridized carbons (Fsp3) is 0.333. The highest BCUT2D eigenvalue weighted by Gasteiger charge is 2.15. The molecule has 0 bridgehead atoms. The highest BCUT2D eigenvalue weighted by molar-refractivity contribution is 7.91. The van der Waals surface area contributed by atoms with Gasteiger partial charge in [-0.3, -0.25) is 5.10 Å². The maximum atomic E-state index is 11.9. The number of para-hydroxylation sites is 1. The zero-order chi connectivity index (χ0) is 13.7. The Bertz CT molecular complexity index is 623. The van der Waals surface area contributed by atoms with Crippen molar-refractivity contribution in [1.29, 1.82) is 0 Å². The predicted molar refractivity (Wildman–Crippen MR) is 72.7 cm³/mol. The van der Waals surface area contributed by atoms with E-state index in [0.717, 1.165) is 5.82 Å². The number of benzene rings is 1. The monoisotopic (exact) mass is 280 g/mol. The van der Waals surface area contributed by atoms with Gasteiger partial charge in [-0.1, -0.05) is 19.1 Å². The minimum atomic E-state index is -3.21. The van der Waals surface area contributed by atoms with Crippen LogP contribution in [0.2, 0.25) is 0 Å². The molecule has 19 heavy (non-hydrogen) atoms. The number of anilines is 1. The Morgan fingerprint density at radius 3 is 2.79 bits per heavy atom. The zero-order valence-electron chi connectivity index (χ0n) is 10.6. The Balaban J connectivity index is 2.08. The Morgan fingerprint density at radius 2 is 2.11 bits per heavy atom. The van der Waals surface area contributed by atoms with Crippen LogP contribution in [0.1, 0.15) is 12.7 Å². The number of rotatable bonds is 6. The standard InChI is InChI=1S/C12H16N4O2S/c1-2-19(17,18)11-6-4-3-5-10(11)13-8-7-12-14-9-15-16-12/h3-6,9,13H,2,7-8H2,1H3,(H,14,15,16). The average Bonchev–Trinajstić information content (AvgIpc) is 2.92. The van der Waals surface area contributed by atoms with Gasteiger partial charge in [0.05, 0.1) is 16.3 Å². The summed E-state index contributed by atoms with van der Waals surface area (Å²) in [5, 5.41) is 9.64. The Kier molecular flexibility index (Phi) is 4.16. The zero-order valence-corrected chi connectivity index (χ0v) is 11.4. The molecule has 0 amide bonds. The topological polar surface area (TPSA) is 87.7 Å². The molecule has 0 fully saturated rings. The van der Waals surface area contributed by atoms with Gasteiger partial charge in [-0.25, -0.2) is 13.4 Å². The first kappa shape index (κ1) is 13.5. The number of hydrogen-bond acceptors (Lipinski definition) is 5. The number of aromatic nitrogens is 3. The van der Waals surface area contributed by atoms with Gasteiger partial charge >= 0.3 is 0 Å². The molecule has 0 radical (unpaired) electrons. The average molecular weight is 280 g/mol. The van der Waals surface area contributed by atoms with Gasteiger partial charge in [0, 0.05) is 13.0 Å². The minimum absolute atomic E-state index is 0.0911. The molecule has 2 N–H and O–H groups in total. The van der Waals surface area contributed by atoms with Gasteiger partial charge < -0.3 is 5.32 Å². The summed E-state index contributed by atoms with van der Waals surface area (Å²) in [6, 6.07) is 6.92. The van der Waals surface area contributed by atoms with E-state index in [1.165, 1.54) is 6.33 Å². The normalized spacial score (nSPS) is 11.4. The molecule has 7 heteroatoms. The van der Waals surface area contributed by atoms with Crippen LogP contribution in [0.3, 0.4) is 0 Å². The lowest BCUT2D eigenvalue weighted by molar-refractivity contribution is 0.597. The van der Waals surface area contributed by atoms with Crippen LogP contribution >= 0.6 is 0 Å². The first-order chi connectivity index (χ1) is 9.13. The molecular weight excluding hydrogens is 264 g/mol. The molecule has 0 aliphatic rings. The van der Waals surface area contributed by atoms with Crippen molar-refractivity contribution in [2.75, 3.05) is 17.6 Å². The summed E-state index contributed by atoms with van der Waals surface area (Å²) in [4.78, 5) is 4.35. The van der Waals surface area contributed by atoms with E-state index >= 15 is 0 Å². The number of hydrogen-bond donors (Lipinski definition) is 2. The largest absolute Gasteiger partial charge is 0.384 e. The molecule has 1 aromatic carbocycles. The van der Waals surface area contributed by atoms with Crippen molar-refractivity contribution in [3.63, 3.8) is 0 Å². The van der Waals surface area contributed by atoms with Crippen molar-refractivity contribution >= 4 is 15.5 Å². The van der Waals surface area contributed by atoms with Crippen LogP contribution in [0, 0.1) is 0 Å². The Morgan fingerprint density at radius 1 is 1.32 bits per heavy atom. The summed E-state index contributed by atoms with van der Waals surface area (Å²) >= 11 is 0. The molecule has 1 aromatic heterocycles. The summed E-state index contributed by atoms with van der Waals surface area (Å²) in [5.74, 6) is 0.858. The summed E-state index contributed by atoms with van der Waals surface area (Å²) in [7, 11) is -3.21. The molecule has 6 nitrogen and oxygen atoms in total. The van der Waals surface area contributed by atoms with Crippen LogP contribution in [-0.4, -0.2) is 35.9 Å². The van der Waals surface area contributed by atoms with Gasteiger partial charge in [0.25, 0.3) is 0 Å². The van der Waals surface area contributed by atoms with Crippen LogP contribution < -0.4 is 5.32 Å². The lowest BCUT2D eigenvalue weighted by Gasteiger charge is -2.11. The predicted octanol–water partition coefficient (Wildman–Crippen LogP) is 1.25. The number of nitrogens with one attached hydrogen (secondary N) is 2. The van der Waals surface area contributed by atoms with Gasteiger partial charge in [-0.15, -0.1) is 0 Å². The van der Waals surface area contributed by atoms with E-state index in [1.807, 2.05) is 6.07 Å². The smallest absolute Gasteiger partial charge is 0.180 e. The van der Waals surface area contributed by atoms with Crippen LogP contribution in [0.25, 0.3) is 0 Å². The van der Waals surface area contributed by atoms with Gasteiger partial charge in [0.1, 0.15) is 12.2 Å². The van der Waals surface area contributed by atoms with E-state index in [-0.39, 0.29) is 5.75 Å². The molecule has 0 unspecified atom stereocenters. The molecule has 102 valence electrons. The first-order valence-electron chi connectivity index (χ1n) is 6.03. The van der Waals surface area contributed by atoms with Gasteiger partial charge in [0.2, 0.25) is 0 Å². The molecule has 1 heterocycles. The quantitative estimate of drug-likeness (QED) is 0.831. The lowest BCUT2D eigenvalue weighted by atomic mass is 10.3. The molecule has 0 atom stereocenters. The number of nitrogens with zero attached hydrogens (tertiary/aromatic N) is 2. The second-order valence-electron chi connectivity index (χ2n) is 4.01. The molecule has 0 saturated carbocycles. The molecular formula is C12H16N4O2S. The fourth-order valence-corrected chi connectivity index (χ4v) is 2.78. The third-order valence-corrected chi connectivity index (χ3v) is 4.53. The van der Waals surface area contributed by atoms with E-state index in [0.29, 0.717) is 23.5 Å². The van der Waals surface area contributed by atoms with Crippen molar-refractivity contribution in [3.8, 4) is 0 Å². The highest BCUT2D eigenvalue weighted by Crippen LogP contribution is 2.21. The van der Waals surface area contributed by atoms with Gasteiger partial charge in [-0.05, 0) is 12.1 Å². The lowest BCUT2D eigenvalue weighted by Crippen LogP contribution is -2.11. The second-order valence-corrected chi connectivity index (χ2v) is 6.26. The molecule has 0 spiro atoms. The summed E-state index contributed by atoms with van der Waals surface area (Å²) in [6.07, 6.45) is 2.10. The molecule has 2 rings (SSSR count). The van der Waals surface area contributed by atoms with E-state index < -0.39 is 9.84 Å².